The number of nitrogens with one attached hydrogen (secondary N) is 2. The first-order valence-corrected chi connectivity index (χ1v) is 8.28. The van der Waals surface area contributed by atoms with E-state index in [0.29, 0.717) is 11.6 Å². The lowest BCUT2D eigenvalue weighted by Crippen LogP contribution is -2.30. The molecular formula is C17H23N3O. The molecule has 1 aromatic rings. The fraction of sp³-hybridized carbons (Fsp3) is 0.647. The van der Waals surface area contributed by atoms with Crippen LogP contribution in [0, 0.1) is 23.7 Å². The van der Waals surface area contributed by atoms with Crippen molar-refractivity contribution in [2.45, 2.75) is 38.6 Å². The topological polar surface area (TPSA) is 54.0 Å². The molecule has 4 atom stereocenters. The number of aromatic nitrogens is 1. The lowest BCUT2D eigenvalue weighted by Gasteiger charge is -2.13. The maximum absolute atomic E-state index is 12.6. The molecule has 1 heterocycles. The first-order valence-electron chi connectivity index (χ1n) is 8.28. The summed E-state index contributed by atoms with van der Waals surface area (Å²) >= 11 is 0. The quantitative estimate of drug-likeness (QED) is 0.874. The number of amides is 1. The Bertz CT molecular complexity index is 543. The number of hydrogen-bond acceptors (Lipinski definition) is 3. The highest BCUT2D eigenvalue weighted by atomic mass is 16.1. The molecule has 1 amide bonds. The molecule has 2 N–H and O–H groups in total. The van der Waals surface area contributed by atoms with Gasteiger partial charge in [0.25, 0.3) is 5.91 Å². The molecule has 21 heavy (non-hydrogen) atoms. The number of pyridine rings is 1. The van der Waals surface area contributed by atoms with E-state index in [1.165, 1.54) is 19.3 Å². The molecule has 3 aliphatic rings. The van der Waals surface area contributed by atoms with Gasteiger partial charge in [-0.2, -0.15) is 0 Å². The third-order valence-electron chi connectivity index (χ3n) is 5.66. The van der Waals surface area contributed by atoms with Crippen LogP contribution < -0.4 is 10.6 Å². The van der Waals surface area contributed by atoms with Crippen LogP contribution in [0.4, 0.5) is 5.69 Å². The molecule has 3 fully saturated rings. The molecule has 0 aromatic carbocycles. The summed E-state index contributed by atoms with van der Waals surface area (Å²) in [6.45, 7) is 3.00. The van der Waals surface area contributed by atoms with Crippen LogP contribution in [-0.4, -0.2) is 23.5 Å². The zero-order valence-electron chi connectivity index (χ0n) is 12.5. The summed E-state index contributed by atoms with van der Waals surface area (Å²) in [7, 11) is 0. The van der Waals surface area contributed by atoms with Crippen molar-refractivity contribution in [1.29, 1.82) is 0 Å². The summed E-state index contributed by atoms with van der Waals surface area (Å²) in [6.07, 6.45) is 8.64. The van der Waals surface area contributed by atoms with Crippen molar-refractivity contribution in [3.63, 3.8) is 0 Å². The minimum absolute atomic E-state index is 0.0421. The van der Waals surface area contributed by atoms with Crippen LogP contribution in [0.3, 0.4) is 0 Å². The number of nitrogens with zero attached hydrogens (tertiary/aromatic N) is 1. The lowest BCUT2D eigenvalue weighted by molar-refractivity contribution is 0.0944. The molecule has 0 radical (unpaired) electrons. The first kappa shape index (κ1) is 13.1. The van der Waals surface area contributed by atoms with Gasteiger partial charge in [0.1, 0.15) is 0 Å². The van der Waals surface area contributed by atoms with E-state index in [4.69, 9.17) is 0 Å². The SMILES string of the molecule is CCCNc1ccncc1C(=O)NC1C2C3CCC(C3)C12. The monoisotopic (exact) mass is 285 g/mol. The minimum Gasteiger partial charge on any atom is -0.384 e. The van der Waals surface area contributed by atoms with Crippen molar-refractivity contribution < 1.29 is 4.79 Å². The fourth-order valence-corrected chi connectivity index (χ4v) is 4.74. The molecule has 0 spiro atoms. The zero-order chi connectivity index (χ0) is 14.4. The number of carbonyl (C=O) groups excluding carboxylic acids is 1. The molecule has 112 valence electrons. The summed E-state index contributed by atoms with van der Waals surface area (Å²) in [6, 6.07) is 2.32. The van der Waals surface area contributed by atoms with E-state index in [1.54, 1.807) is 12.4 Å². The highest BCUT2D eigenvalue weighted by Gasteiger charge is 2.65. The minimum atomic E-state index is 0.0421. The van der Waals surface area contributed by atoms with Gasteiger partial charge in [-0.15, -0.1) is 0 Å². The summed E-state index contributed by atoms with van der Waals surface area (Å²) in [5.41, 5.74) is 1.58. The van der Waals surface area contributed by atoms with E-state index in [2.05, 4.69) is 22.5 Å². The van der Waals surface area contributed by atoms with Crippen LogP contribution in [0.2, 0.25) is 0 Å². The third kappa shape index (κ3) is 2.12. The molecule has 4 heteroatoms. The molecule has 2 bridgehead atoms. The number of carbonyl (C=O) groups is 1. The molecule has 4 nitrogen and oxygen atoms in total. The third-order valence-corrected chi connectivity index (χ3v) is 5.66. The Balaban J connectivity index is 1.44. The van der Waals surface area contributed by atoms with E-state index in [-0.39, 0.29) is 5.91 Å². The van der Waals surface area contributed by atoms with Crippen LogP contribution in [0.25, 0.3) is 0 Å². The Labute approximate surface area is 125 Å². The largest absolute Gasteiger partial charge is 0.384 e. The summed E-state index contributed by atoms with van der Waals surface area (Å²) in [4.78, 5) is 16.7. The summed E-state index contributed by atoms with van der Waals surface area (Å²) < 4.78 is 0. The molecule has 0 aliphatic heterocycles. The predicted molar refractivity (Wildman–Crippen MR) is 82.1 cm³/mol. The average molecular weight is 285 g/mol. The molecule has 1 aromatic heterocycles. The Morgan fingerprint density at radius 3 is 2.81 bits per heavy atom. The van der Waals surface area contributed by atoms with Crippen molar-refractivity contribution in [3.05, 3.63) is 24.0 Å². The van der Waals surface area contributed by atoms with Gasteiger partial charge in [0.15, 0.2) is 0 Å². The lowest BCUT2D eigenvalue weighted by atomic mass is 10.0. The molecule has 3 saturated carbocycles. The highest BCUT2D eigenvalue weighted by Crippen LogP contribution is 2.65. The normalized spacial score (nSPS) is 35.4. The van der Waals surface area contributed by atoms with Gasteiger partial charge in [-0.25, -0.2) is 0 Å². The van der Waals surface area contributed by atoms with Gasteiger partial charge < -0.3 is 10.6 Å². The van der Waals surface area contributed by atoms with E-state index < -0.39 is 0 Å². The smallest absolute Gasteiger partial charge is 0.255 e. The Kier molecular flexibility index (Phi) is 3.12. The first-order chi connectivity index (χ1) is 10.3. The van der Waals surface area contributed by atoms with Gasteiger partial charge in [0, 0.05) is 25.0 Å². The second-order valence-electron chi connectivity index (χ2n) is 6.84. The second kappa shape index (κ2) is 5.00. The zero-order valence-corrected chi connectivity index (χ0v) is 12.5. The number of hydrogen-bond donors (Lipinski definition) is 2. The maximum Gasteiger partial charge on any atom is 0.255 e. The van der Waals surface area contributed by atoms with E-state index in [1.807, 2.05) is 6.07 Å². The van der Waals surface area contributed by atoms with Gasteiger partial charge in [0.2, 0.25) is 0 Å². The molecule has 0 saturated heterocycles. The van der Waals surface area contributed by atoms with Crippen molar-refractivity contribution in [2.24, 2.45) is 23.7 Å². The Hall–Kier alpha value is -1.58. The van der Waals surface area contributed by atoms with E-state index >= 15 is 0 Å². The average Bonchev–Trinajstić information content (AvgIpc) is 2.90. The van der Waals surface area contributed by atoms with Gasteiger partial charge in [-0.3, -0.25) is 9.78 Å². The van der Waals surface area contributed by atoms with E-state index in [0.717, 1.165) is 42.3 Å². The van der Waals surface area contributed by atoms with Gasteiger partial charge >= 0.3 is 0 Å². The van der Waals surface area contributed by atoms with Crippen molar-refractivity contribution in [1.82, 2.24) is 10.3 Å². The second-order valence-corrected chi connectivity index (χ2v) is 6.84. The molecule has 4 rings (SSSR count). The number of fused-ring (bicyclic) bond motifs is 5. The summed E-state index contributed by atoms with van der Waals surface area (Å²) in [5, 5.41) is 6.59. The van der Waals surface area contributed by atoms with Crippen LogP contribution in [-0.2, 0) is 0 Å². The van der Waals surface area contributed by atoms with Crippen molar-refractivity contribution in [3.8, 4) is 0 Å². The van der Waals surface area contributed by atoms with Gasteiger partial charge in [-0.05, 0) is 55.4 Å². The summed E-state index contributed by atoms with van der Waals surface area (Å²) in [5.74, 6) is 3.36. The Morgan fingerprint density at radius 1 is 1.33 bits per heavy atom. The van der Waals surface area contributed by atoms with Gasteiger partial charge in [-0.1, -0.05) is 6.92 Å². The number of anilines is 1. The number of rotatable bonds is 5. The van der Waals surface area contributed by atoms with Crippen LogP contribution >= 0.6 is 0 Å². The van der Waals surface area contributed by atoms with Crippen LogP contribution in [0.1, 0.15) is 43.0 Å². The highest BCUT2D eigenvalue weighted by molar-refractivity contribution is 5.99. The molecule has 4 unspecified atom stereocenters. The standard InChI is InChI=1S/C17H23N3O/c1-2-6-19-13-5-7-18-9-12(13)17(21)20-16-14-10-3-4-11(8-10)15(14)16/h5,7,9-11,14-16H,2-4,6,8H2,1H3,(H,18,19)(H,20,21). The maximum atomic E-state index is 12.6. The van der Waals surface area contributed by atoms with Crippen LogP contribution in [0.5, 0.6) is 0 Å². The van der Waals surface area contributed by atoms with Gasteiger partial charge in [0.05, 0.1) is 11.3 Å². The van der Waals surface area contributed by atoms with E-state index in [9.17, 15) is 4.79 Å². The van der Waals surface area contributed by atoms with Crippen LogP contribution in [0.15, 0.2) is 18.5 Å². The Morgan fingerprint density at radius 2 is 2.10 bits per heavy atom. The predicted octanol–water partition coefficient (Wildman–Crippen LogP) is 2.68. The molecular weight excluding hydrogens is 262 g/mol. The molecule has 3 aliphatic carbocycles. The van der Waals surface area contributed by atoms with Crippen molar-refractivity contribution in [2.75, 3.05) is 11.9 Å². The van der Waals surface area contributed by atoms with Crippen molar-refractivity contribution >= 4 is 11.6 Å². The fourth-order valence-electron chi connectivity index (χ4n) is 4.74.